The van der Waals surface area contributed by atoms with Crippen LogP contribution in [0.2, 0.25) is 5.02 Å². The molecule has 6 heteroatoms. The molecule has 0 saturated heterocycles. The molecule has 1 aromatic carbocycles. The van der Waals surface area contributed by atoms with Crippen molar-refractivity contribution in [2.45, 2.75) is 6.54 Å². The minimum Gasteiger partial charge on any atom is -0.478 e. The van der Waals surface area contributed by atoms with E-state index in [0.29, 0.717) is 17.3 Å². The fourth-order valence-corrected chi connectivity index (χ4v) is 3.08. The van der Waals surface area contributed by atoms with E-state index in [4.69, 9.17) is 16.7 Å². The second kappa shape index (κ2) is 5.73. The molecule has 94 valence electrons. The van der Waals surface area contributed by atoms with Crippen LogP contribution in [0.3, 0.4) is 0 Å². The lowest BCUT2D eigenvalue weighted by Gasteiger charge is -2.09. The third-order valence-corrected chi connectivity index (χ3v) is 4.50. The van der Waals surface area contributed by atoms with Crippen LogP contribution in [0.1, 0.15) is 15.2 Å². The summed E-state index contributed by atoms with van der Waals surface area (Å²) in [5.41, 5.74) is 0.738. The van der Waals surface area contributed by atoms with Gasteiger partial charge in [0, 0.05) is 14.4 Å². The number of carbonyl (C=O) groups is 1. The number of aromatic carboxylic acids is 1. The molecule has 2 N–H and O–H groups in total. The number of carboxylic acid groups (broad SMARTS) is 1. The van der Waals surface area contributed by atoms with Crippen molar-refractivity contribution in [3.8, 4) is 0 Å². The lowest BCUT2D eigenvalue weighted by Crippen LogP contribution is -2.05. The van der Waals surface area contributed by atoms with Crippen molar-refractivity contribution in [1.29, 1.82) is 0 Å². The zero-order chi connectivity index (χ0) is 13.1. The molecule has 0 saturated carbocycles. The molecule has 1 heterocycles. The molecule has 0 radical (unpaired) electrons. The summed E-state index contributed by atoms with van der Waals surface area (Å²) in [5.74, 6) is -0.973. The molecule has 2 aromatic rings. The summed E-state index contributed by atoms with van der Waals surface area (Å²) in [4.78, 5) is 12.2. The SMILES string of the molecule is O=C(O)c1ccc(Cl)cc1NCc1sccc1Br. The lowest BCUT2D eigenvalue weighted by atomic mass is 10.2. The van der Waals surface area contributed by atoms with Crippen molar-refractivity contribution in [2.24, 2.45) is 0 Å². The first-order valence-electron chi connectivity index (χ1n) is 5.06. The van der Waals surface area contributed by atoms with Gasteiger partial charge in [0.05, 0.1) is 17.8 Å². The van der Waals surface area contributed by atoms with Crippen molar-refractivity contribution in [2.75, 3.05) is 5.32 Å². The molecule has 0 aliphatic rings. The van der Waals surface area contributed by atoms with Gasteiger partial charge in [-0.3, -0.25) is 0 Å². The molecule has 0 amide bonds. The third kappa shape index (κ3) is 3.04. The Morgan fingerprint density at radius 1 is 1.44 bits per heavy atom. The van der Waals surface area contributed by atoms with Gasteiger partial charge in [0.2, 0.25) is 0 Å². The number of rotatable bonds is 4. The van der Waals surface area contributed by atoms with Crippen LogP contribution in [-0.2, 0) is 6.54 Å². The van der Waals surface area contributed by atoms with Crippen LogP contribution in [0.15, 0.2) is 34.1 Å². The smallest absolute Gasteiger partial charge is 0.337 e. The Bertz CT molecular complexity index is 585. The molecule has 0 aliphatic heterocycles. The maximum atomic E-state index is 11.1. The number of thiophene rings is 1. The molecule has 0 unspecified atom stereocenters. The highest BCUT2D eigenvalue weighted by molar-refractivity contribution is 9.10. The number of anilines is 1. The predicted molar refractivity (Wildman–Crippen MR) is 77.8 cm³/mol. The normalized spacial score (nSPS) is 10.3. The molecule has 0 atom stereocenters. The molecule has 3 nitrogen and oxygen atoms in total. The van der Waals surface area contributed by atoms with Gasteiger partial charge in [0.25, 0.3) is 0 Å². The largest absolute Gasteiger partial charge is 0.478 e. The number of halogens is 2. The monoisotopic (exact) mass is 345 g/mol. The molecular formula is C12H9BrClNO2S. The highest BCUT2D eigenvalue weighted by atomic mass is 79.9. The minimum atomic E-state index is -0.973. The van der Waals surface area contributed by atoms with Crippen LogP contribution in [0.4, 0.5) is 5.69 Å². The van der Waals surface area contributed by atoms with Crippen LogP contribution in [0.25, 0.3) is 0 Å². The zero-order valence-electron chi connectivity index (χ0n) is 9.11. The van der Waals surface area contributed by atoms with Crippen LogP contribution in [0.5, 0.6) is 0 Å². The Morgan fingerprint density at radius 2 is 2.22 bits per heavy atom. The summed E-state index contributed by atoms with van der Waals surface area (Å²) in [7, 11) is 0. The Balaban J connectivity index is 2.20. The second-order valence-electron chi connectivity index (χ2n) is 3.54. The van der Waals surface area contributed by atoms with Gasteiger partial charge in [-0.2, -0.15) is 0 Å². The summed E-state index contributed by atoms with van der Waals surface area (Å²) >= 11 is 10.9. The standard InChI is InChI=1S/C12H9BrClNO2S/c13-9-3-4-18-11(9)6-15-10-5-7(14)1-2-8(10)12(16)17/h1-5,15H,6H2,(H,16,17). The van der Waals surface area contributed by atoms with Crippen LogP contribution >= 0.6 is 38.9 Å². The van der Waals surface area contributed by atoms with Gasteiger partial charge in [0.15, 0.2) is 0 Å². The highest BCUT2D eigenvalue weighted by Gasteiger charge is 2.11. The van der Waals surface area contributed by atoms with E-state index in [1.54, 1.807) is 23.5 Å². The Hall–Kier alpha value is -1.04. The average molecular weight is 347 g/mol. The van der Waals surface area contributed by atoms with E-state index >= 15 is 0 Å². The summed E-state index contributed by atoms with van der Waals surface area (Å²) < 4.78 is 1.01. The fraction of sp³-hybridized carbons (Fsp3) is 0.0833. The van der Waals surface area contributed by atoms with Gasteiger partial charge < -0.3 is 10.4 Å². The summed E-state index contributed by atoms with van der Waals surface area (Å²) in [6.07, 6.45) is 0. The maximum Gasteiger partial charge on any atom is 0.337 e. The highest BCUT2D eigenvalue weighted by Crippen LogP contribution is 2.26. The first kappa shape index (κ1) is 13.4. The van der Waals surface area contributed by atoms with E-state index < -0.39 is 5.97 Å². The van der Waals surface area contributed by atoms with E-state index in [9.17, 15) is 4.79 Å². The predicted octanol–water partition coefficient (Wildman–Crippen LogP) is 4.47. The van der Waals surface area contributed by atoms with Gasteiger partial charge in [-0.15, -0.1) is 11.3 Å². The maximum absolute atomic E-state index is 11.1. The van der Waals surface area contributed by atoms with E-state index in [-0.39, 0.29) is 5.56 Å². The van der Waals surface area contributed by atoms with Gasteiger partial charge in [0.1, 0.15) is 0 Å². The van der Waals surface area contributed by atoms with Gasteiger partial charge >= 0.3 is 5.97 Å². The molecular weight excluding hydrogens is 338 g/mol. The fourth-order valence-electron chi connectivity index (χ4n) is 1.48. The molecule has 2 rings (SSSR count). The number of hydrogen-bond donors (Lipinski definition) is 2. The van der Waals surface area contributed by atoms with E-state index in [0.717, 1.165) is 9.35 Å². The van der Waals surface area contributed by atoms with Gasteiger partial charge in [-0.25, -0.2) is 4.79 Å². The minimum absolute atomic E-state index is 0.215. The Labute approximate surface area is 122 Å². The molecule has 0 fully saturated rings. The number of carboxylic acids is 1. The van der Waals surface area contributed by atoms with Crippen molar-refractivity contribution < 1.29 is 9.90 Å². The van der Waals surface area contributed by atoms with Crippen molar-refractivity contribution in [1.82, 2.24) is 0 Å². The summed E-state index contributed by atoms with van der Waals surface area (Å²) in [6, 6.07) is 6.64. The molecule has 18 heavy (non-hydrogen) atoms. The number of hydrogen-bond acceptors (Lipinski definition) is 3. The molecule has 0 aliphatic carbocycles. The van der Waals surface area contributed by atoms with Crippen LogP contribution in [-0.4, -0.2) is 11.1 Å². The zero-order valence-corrected chi connectivity index (χ0v) is 12.3. The lowest BCUT2D eigenvalue weighted by molar-refractivity contribution is 0.0698. The van der Waals surface area contributed by atoms with E-state index in [2.05, 4.69) is 21.2 Å². The first-order chi connectivity index (χ1) is 8.58. The Morgan fingerprint density at radius 3 is 2.83 bits per heavy atom. The number of benzene rings is 1. The quantitative estimate of drug-likeness (QED) is 0.858. The van der Waals surface area contributed by atoms with E-state index in [1.165, 1.54) is 6.07 Å². The van der Waals surface area contributed by atoms with Crippen molar-refractivity contribution in [3.63, 3.8) is 0 Å². The van der Waals surface area contributed by atoms with Gasteiger partial charge in [-0.1, -0.05) is 11.6 Å². The molecule has 0 bridgehead atoms. The average Bonchev–Trinajstić information content (AvgIpc) is 2.72. The topological polar surface area (TPSA) is 49.3 Å². The van der Waals surface area contributed by atoms with Crippen LogP contribution < -0.4 is 5.32 Å². The van der Waals surface area contributed by atoms with Crippen LogP contribution in [0, 0.1) is 0 Å². The second-order valence-corrected chi connectivity index (χ2v) is 5.83. The van der Waals surface area contributed by atoms with Crippen molar-refractivity contribution in [3.05, 3.63) is 49.6 Å². The summed E-state index contributed by atoms with van der Waals surface area (Å²) in [6.45, 7) is 0.554. The molecule has 1 aromatic heterocycles. The Kier molecular flexibility index (Phi) is 4.27. The number of nitrogens with one attached hydrogen (secondary N) is 1. The summed E-state index contributed by atoms with van der Waals surface area (Å²) in [5, 5.41) is 14.6. The van der Waals surface area contributed by atoms with E-state index in [1.807, 2.05) is 11.4 Å². The first-order valence-corrected chi connectivity index (χ1v) is 7.11. The molecule has 0 spiro atoms. The third-order valence-electron chi connectivity index (χ3n) is 2.34. The van der Waals surface area contributed by atoms with Gasteiger partial charge in [-0.05, 0) is 45.6 Å². The van der Waals surface area contributed by atoms with Crippen molar-refractivity contribution >= 4 is 50.5 Å².